The highest BCUT2D eigenvalue weighted by atomic mass is 32.1. The zero-order valence-corrected chi connectivity index (χ0v) is 19.0. The van der Waals surface area contributed by atoms with E-state index in [0.29, 0.717) is 35.6 Å². The van der Waals surface area contributed by atoms with Gasteiger partial charge in [-0.05, 0) is 46.0 Å². The molecular formula is C23H28N4O3S. The van der Waals surface area contributed by atoms with Crippen LogP contribution in [0.3, 0.4) is 0 Å². The van der Waals surface area contributed by atoms with Gasteiger partial charge in [0.2, 0.25) is 11.6 Å². The van der Waals surface area contributed by atoms with Crippen LogP contribution in [0.5, 0.6) is 23.1 Å². The Kier molecular flexibility index (Phi) is 8.12. The van der Waals surface area contributed by atoms with Crippen molar-refractivity contribution in [1.29, 1.82) is 0 Å². The van der Waals surface area contributed by atoms with Crippen LogP contribution in [0.4, 0.5) is 0 Å². The average molecular weight is 441 g/mol. The lowest BCUT2D eigenvalue weighted by atomic mass is 10.1. The van der Waals surface area contributed by atoms with E-state index < -0.39 is 0 Å². The quantitative estimate of drug-likeness (QED) is 0.379. The molecule has 0 bridgehead atoms. The highest BCUT2D eigenvalue weighted by Gasteiger charge is 2.13. The van der Waals surface area contributed by atoms with Crippen LogP contribution < -0.4 is 24.8 Å². The van der Waals surface area contributed by atoms with Crippen molar-refractivity contribution in [2.24, 2.45) is 4.99 Å². The first-order valence-corrected chi connectivity index (χ1v) is 10.9. The lowest BCUT2D eigenvalue weighted by Gasteiger charge is -2.16. The maximum Gasteiger partial charge on any atom is 0.219 e. The number of para-hydroxylation sites is 1. The van der Waals surface area contributed by atoms with Crippen molar-refractivity contribution in [1.82, 2.24) is 15.6 Å². The van der Waals surface area contributed by atoms with E-state index in [0.717, 1.165) is 18.1 Å². The lowest BCUT2D eigenvalue weighted by Crippen LogP contribution is -2.38. The summed E-state index contributed by atoms with van der Waals surface area (Å²) in [5, 5.41) is 11.0. The monoisotopic (exact) mass is 440 g/mol. The number of ether oxygens (including phenoxy) is 3. The van der Waals surface area contributed by atoms with Crippen LogP contribution in [-0.2, 0) is 6.54 Å². The minimum atomic E-state index is 0.412. The number of pyridine rings is 1. The van der Waals surface area contributed by atoms with Crippen LogP contribution in [0.2, 0.25) is 0 Å². The summed E-state index contributed by atoms with van der Waals surface area (Å²) in [6.07, 6.45) is 1.77. The second-order valence-corrected chi connectivity index (χ2v) is 7.64. The summed E-state index contributed by atoms with van der Waals surface area (Å²) < 4.78 is 16.6. The van der Waals surface area contributed by atoms with Gasteiger partial charge in [-0.2, -0.15) is 11.3 Å². The van der Waals surface area contributed by atoms with Gasteiger partial charge in [0.05, 0.1) is 14.2 Å². The van der Waals surface area contributed by atoms with Crippen molar-refractivity contribution in [3.8, 4) is 23.1 Å². The topological polar surface area (TPSA) is 77.0 Å². The molecule has 3 aromatic rings. The fourth-order valence-corrected chi connectivity index (χ4v) is 3.71. The highest BCUT2D eigenvalue weighted by Crippen LogP contribution is 2.39. The molecule has 0 amide bonds. The standard InChI is InChI=1S/C23H28N4O3S/c1-16(18-10-11-31-15-18)12-26-23(24-2)27-14-17-8-9-21(25-13-17)30-22-19(28-3)6-5-7-20(22)29-4/h5-11,13,15-16H,12,14H2,1-4H3,(H2,24,26,27). The summed E-state index contributed by atoms with van der Waals surface area (Å²) in [6, 6.07) is 11.4. The summed E-state index contributed by atoms with van der Waals surface area (Å²) in [6.45, 7) is 3.60. The Bertz CT molecular complexity index is 953. The molecule has 0 aliphatic rings. The van der Waals surface area contributed by atoms with Gasteiger partial charge in [0.25, 0.3) is 0 Å². The fourth-order valence-electron chi connectivity index (χ4n) is 2.93. The number of methoxy groups -OCH3 is 2. The number of nitrogens with zero attached hydrogens (tertiary/aromatic N) is 2. The second kappa shape index (κ2) is 11.2. The number of thiophene rings is 1. The molecule has 1 aromatic carbocycles. The van der Waals surface area contributed by atoms with Crippen molar-refractivity contribution in [2.75, 3.05) is 27.8 Å². The number of hydrogen-bond acceptors (Lipinski definition) is 6. The molecule has 31 heavy (non-hydrogen) atoms. The molecule has 0 spiro atoms. The Balaban J connectivity index is 1.54. The molecule has 0 aliphatic heterocycles. The molecule has 2 heterocycles. The van der Waals surface area contributed by atoms with Gasteiger partial charge < -0.3 is 24.8 Å². The second-order valence-electron chi connectivity index (χ2n) is 6.86. The number of nitrogens with one attached hydrogen (secondary N) is 2. The third-order valence-corrected chi connectivity index (χ3v) is 5.46. The zero-order chi connectivity index (χ0) is 22.1. The number of hydrogen-bond donors (Lipinski definition) is 2. The van der Waals surface area contributed by atoms with E-state index in [-0.39, 0.29) is 0 Å². The maximum absolute atomic E-state index is 5.91. The van der Waals surface area contributed by atoms with Gasteiger partial charge in [0.15, 0.2) is 17.5 Å². The molecule has 2 N–H and O–H groups in total. The van der Waals surface area contributed by atoms with Gasteiger partial charge >= 0.3 is 0 Å². The number of rotatable bonds is 9. The molecule has 0 saturated carbocycles. The highest BCUT2D eigenvalue weighted by molar-refractivity contribution is 7.07. The predicted molar refractivity (Wildman–Crippen MR) is 125 cm³/mol. The largest absolute Gasteiger partial charge is 0.493 e. The number of guanidine groups is 1. The Labute approximate surface area is 187 Å². The zero-order valence-electron chi connectivity index (χ0n) is 18.2. The number of aromatic nitrogens is 1. The van der Waals surface area contributed by atoms with Crippen LogP contribution in [0, 0.1) is 0 Å². The molecule has 0 aliphatic carbocycles. The van der Waals surface area contributed by atoms with E-state index in [1.165, 1.54) is 5.56 Å². The first kappa shape index (κ1) is 22.4. The molecule has 3 rings (SSSR count). The van der Waals surface area contributed by atoms with Crippen LogP contribution in [0.25, 0.3) is 0 Å². The summed E-state index contributed by atoms with van der Waals surface area (Å²) in [5.74, 6) is 3.28. The van der Waals surface area contributed by atoms with Crippen molar-refractivity contribution in [3.63, 3.8) is 0 Å². The van der Waals surface area contributed by atoms with E-state index in [2.05, 4.69) is 44.4 Å². The van der Waals surface area contributed by atoms with Gasteiger partial charge in [-0.3, -0.25) is 4.99 Å². The van der Waals surface area contributed by atoms with E-state index in [1.54, 1.807) is 38.8 Å². The van der Waals surface area contributed by atoms with Gasteiger partial charge in [-0.1, -0.05) is 19.1 Å². The van der Waals surface area contributed by atoms with E-state index in [9.17, 15) is 0 Å². The van der Waals surface area contributed by atoms with E-state index >= 15 is 0 Å². The van der Waals surface area contributed by atoms with Crippen LogP contribution in [-0.4, -0.2) is 38.8 Å². The van der Waals surface area contributed by atoms with Crippen LogP contribution in [0.1, 0.15) is 24.0 Å². The predicted octanol–water partition coefficient (Wildman–Crippen LogP) is 4.42. The molecule has 0 radical (unpaired) electrons. The smallest absolute Gasteiger partial charge is 0.219 e. The van der Waals surface area contributed by atoms with Gasteiger partial charge in [0.1, 0.15) is 0 Å². The Morgan fingerprint density at radius 2 is 1.87 bits per heavy atom. The number of aliphatic imine (C=N–C) groups is 1. The third-order valence-electron chi connectivity index (χ3n) is 4.76. The van der Waals surface area contributed by atoms with Gasteiger partial charge in [-0.15, -0.1) is 0 Å². The summed E-state index contributed by atoms with van der Waals surface area (Å²) >= 11 is 1.72. The minimum absolute atomic E-state index is 0.412. The summed E-state index contributed by atoms with van der Waals surface area (Å²) in [5.41, 5.74) is 2.34. The van der Waals surface area contributed by atoms with Gasteiger partial charge in [0, 0.05) is 32.4 Å². The molecule has 1 unspecified atom stereocenters. The molecule has 7 nitrogen and oxygen atoms in total. The van der Waals surface area contributed by atoms with Crippen molar-refractivity contribution >= 4 is 17.3 Å². The first-order chi connectivity index (χ1) is 15.1. The van der Waals surface area contributed by atoms with Gasteiger partial charge in [-0.25, -0.2) is 4.98 Å². The summed E-state index contributed by atoms with van der Waals surface area (Å²) in [4.78, 5) is 8.70. The average Bonchev–Trinajstić information content (AvgIpc) is 3.35. The minimum Gasteiger partial charge on any atom is -0.493 e. The van der Waals surface area contributed by atoms with Crippen molar-refractivity contribution in [2.45, 2.75) is 19.4 Å². The molecule has 8 heteroatoms. The Morgan fingerprint density at radius 1 is 1.10 bits per heavy atom. The van der Waals surface area contributed by atoms with Crippen LogP contribution in [0.15, 0.2) is 58.3 Å². The Morgan fingerprint density at radius 3 is 2.45 bits per heavy atom. The molecule has 0 fully saturated rings. The number of benzene rings is 1. The SMILES string of the molecule is CN=C(NCc1ccc(Oc2c(OC)cccc2OC)nc1)NCC(C)c1ccsc1. The molecule has 164 valence electrons. The molecule has 1 atom stereocenters. The Hall–Kier alpha value is -3.26. The molecule has 0 saturated heterocycles. The maximum atomic E-state index is 5.91. The van der Waals surface area contributed by atoms with E-state index in [1.807, 2.05) is 30.3 Å². The molecular weight excluding hydrogens is 412 g/mol. The first-order valence-electron chi connectivity index (χ1n) is 9.95. The van der Waals surface area contributed by atoms with E-state index in [4.69, 9.17) is 14.2 Å². The molecule has 2 aromatic heterocycles. The van der Waals surface area contributed by atoms with Crippen molar-refractivity contribution in [3.05, 3.63) is 64.5 Å². The third kappa shape index (κ3) is 6.11. The summed E-state index contributed by atoms with van der Waals surface area (Å²) in [7, 11) is 4.94. The van der Waals surface area contributed by atoms with Crippen molar-refractivity contribution < 1.29 is 14.2 Å². The normalized spacial score (nSPS) is 12.2. The fraction of sp³-hybridized carbons (Fsp3) is 0.304. The van der Waals surface area contributed by atoms with Crippen LogP contribution >= 0.6 is 11.3 Å². The lowest BCUT2D eigenvalue weighted by molar-refractivity contribution is 0.342.